The SMILES string of the molecule is c1cncc(C[C@@H]2CCCN(c3cnccn3)C2)c1. The monoisotopic (exact) mass is 254 g/mol. The third-order valence-electron chi connectivity index (χ3n) is 3.64. The van der Waals surface area contributed by atoms with Crippen molar-refractivity contribution in [3.8, 4) is 0 Å². The predicted octanol–water partition coefficient (Wildman–Crippen LogP) is 2.33. The van der Waals surface area contributed by atoms with Crippen LogP contribution in [-0.2, 0) is 6.42 Å². The molecule has 0 bridgehead atoms. The minimum atomic E-state index is 0.681. The van der Waals surface area contributed by atoms with Crippen LogP contribution in [0.25, 0.3) is 0 Å². The average molecular weight is 254 g/mol. The zero-order valence-corrected chi connectivity index (χ0v) is 10.9. The quantitative estimate of drug-likeness (QED) is 0.843. The van der Waals surface area contributed by atoms with Gasteiger partial charge >= 0.3 is 0 Å². The van der Waals surface area contributed by atoms with Crippen molar-refractivity contribution in [2.75, 3.05) is 18.0 Å². The molecule has 4 nitrogen and oxygen atoms in total. The van der Waals surface area contributed by atoms with E-state index in [4.69, 9.17) is 0 Å². The van der Waals surface area contributed by atoms with Crippen molar-refractivity contribution in [2.45, 2.75) is 19.3 Å². The molecule has 1 fully saturated rings. The fourth-order valence-corrected chi connectivity index (χ4v) is 2.75. The Morgan fingerprint density at radius 2 is 2.11 bits per heavy atom. The molecule has 3 heterocycles. The molecule has 3 rings (SSSR count). The van der Waals surface area contributed by atoms with Gasteiger partial charge < -0.3 is 4.90 Å². The molecular weight excluding hydrogens is 236 g/mol. The number of hydrogen-bond donors (Lipinski definition) is 0. The molecule has 0 amide bonds. The van der Waals surface area contributed by atoms with E-state index < -0.39 is 0 Å². The van der Waals surface area contributed by atoms with Gasteiger partial charge in [0.15, 0.2) is 0 Å². The molecular formula is C15H18N4. The van der Waals surface area contributed by atoms with E-state index in [1.165, 1.54) is 18.4 Å². The van der Waals surface area contributed by atoms with Crippen LogP contribution in [0.3, 0.4) is 0 Å². The first-order chi connectivity index (χ1) is 9.42. The summed E-state index contributed by atoms with van der Waals surface area (Å²) in [4.78, 5) is 15.1. The molecule has 0 unspecified atom stereocenters. The van der Waals surface area contributed by atoms with Crippen molar-refractivity contribution in [1.29, 1.82) is 0 Å². The fraction of sp³-hybridized carbons (Fsp3) is 0.400. The van der Waals surface area contributed by atoms with Crippen LogP contribution in [-0.4, -0.2) is 28.0 Å². The first-order valence-corrected chi connectivity index (χ1v) is 6.81. The highest BCUT2D eigenvalue weighted by molar-refractivity contribution is 5.35. The minimum Gasteiger partial charge on any atom is -0.355 e. The second kappa shape index (κ2) is 5.78. The van der Waals surface area contributed by atoms with Crippen LogP contribution in [0.15, 0.2) is 43.1 Å². The van der Waals surface area contributed by atoms with Crippen molar-refractivity contribution >= 4 is 5.82 Å². The van der Waals surface area contributed by atoms with E-state index in [1.807, 2.05) is 24.7 Å². The molecule has 0 aliphatic carbocycles. The second-order valence-corrected chi connectivity index (χ2v) is 5.08. The van der Waals surface area contributed by atoms with Crippen molar-refractivity contribution in [2.24, 2.45) is 5.92 Å². The van der Waals surface area contributed by atoms with Gasteiger partial charge in [0.1, 0.15) is 5.82 Å². The molecule has 1 saturated heterocycles. The second-order valence-electron chi connectivity index (χ2n) is 5.08. The Hall–Kier alpha value is -1.97. The largest absolute Gasteiger partial charge is 0.355 e. The summed E-state index contributed by atoms with van der Waals surface area (Å²) in [6.07, 6.45) is 12.8. The molecule has 0 saturated carbocycles. The zero-order valence-electron chi connectivity index (χ0n) is 10.9. The van der Waals surface area contributed by atoms with Gasteiger partial charge in [-0.05, 0) is 36.8 Å². The molecule has 1 atom stereocenters. The Kier molecular flexibility index (Phi) is 3.68. The van der Waals surface area contributed by atoms with E-state index in [0.717, 1.165) is 25.3 Å². The lowest BCUT2D eigenvalue weighted by molar-refractivity contribution is 0.411. The van der Waals surface area contributed by atoms with Crippen molar-refractivity contribution in [3.05, 3.63) is 48.7 Å². The van der Waals surface area contributed by atoms with Gasteiger partial charge in [-0.15, -0.1) is 0 Å². The summed E-state index contributed by atoms with van der Waals surface area (Å²) < 4.78 is 0. The van der Waals surface area contributed by atoms with Crippen LogP contribution >= 0.6 is 0 Å². The van der Waals surface area contributed by atoms with Gasteiger partial charge in [-0.25, -0.2) is 4.98 Å². The summed E-state index contributed by atoms with van der Waals surface area (Å²) in [5.41, 5.74) is 1.33. The maximum Gasteiger partial charge on any atom is 0.147 e. The third-order valence-corrected chi connectivity index (χ3v) is 3.64. The molecule has 1 aliphatic heterocycles. The highest BCUT2D eigenvalue weighted by atomic mass is 15.2. The van der Waals surface area contributed by atoms with Crippen molar-refractivity contribution in [3.63, 3.8) is 0 Å². The average Bonchev–Trinajstić information content (AvgIpc) is 2.49. The van der Waals surface area contributed by atoms with E-state index in [-0.39, 0.29) is 0 Å². The van der Waals surface area contributed by atoms with Gasteiger partial charge in [-0.1, -0.05) is 6.07 Å². The highest BCUT2D eigenvalue weighted by Gasteiger charge is 2.21. The number of rotatable bonds is 3. The van der Waals surface area contributed by atoms with Crippen LogP contribution in [0.4, 0.5) is 5.82 Å². The maximum absolute atomic E-state index is 4.39. The minimum absolute atomic E-state index is 0.681. The van der Waals surface area contributed by atoms with Crippen LogP contribution in [0, 0.1) is 5.92 Å². The number of nitrogens with zero attached hydrogens (tertiary/aromatic N) is 4. The summed E-state index contributed by atoms with van der Waals surface area (Å²) in [7, 11) is 0. The van der Waals surface area contributed by atoms with Crippen molar-refractivity contribution in [1.82, 2.24) is 15.0 Å². The molecule has 0 radical (unpaired) electrons. The zero-order chi connectivity index (χ0) is 12.9. The third kappa shape index (κ3) is 3.08. The Morgan fingerprint density at radius 3 is 2.89 bits per heavy atom. The fourth-order valence-electron chi connectivity index (χ4n) is 2.75. The first-order valence-electron chi connectivity index (χ1n) is 6.81. The number of aromatic nitrogens is 3. The van der Waals surface area contributed by atoms with E-state index in [1.54, 1.807) is 12.4 Å². The van der Waals surface area contributed by atoms with E-state index in [0.29, 0.717) is 5.92 Å². The van der Waals surface area contributed by atoms with Gasteiger partial charge in [0, 0.05) is 37.9 Å². The van der Waals surface area contributed by atoms with Crippen molar-refractivity contribution < 1.29 is 0 Å². The van der Waals surface area contributed by atoms with E-state index in [9.17, 15) is 0 Å². The van der Waals surface area contributed by atoms with Crippen LogP contribution in [0.2, 0.25) is 0 Å². The lowest BCUT2D eigenvalue weighted by Crippen LogP contribution is -2.36. The smallest absolute Gasteiger partial charge is 0.147 e. The van der Waals surface area contributed by atoms with Gasteiger partial charge in [0.2, 0.25) is 0 Å². The highest BCUT2D eigenvalue weighted by Crippen LogP contribution is 2.23. The number of anilines is 1. The normalized spacial score (nSPS) is 19.4. The van der Waals surface area contributed by atoms with Gasteiger partial charge in [-0.3, -0.25) is 9.97 Å². The summed E-state index contributed by atoms with van der Waals surface area (Å²) in [6, 6.07) is 4.17. The number of pyridine rings is 1. The first kappa shape index (κ1) is 12.1. The maximum atomic E-state index is 4.39. The summed E-state index contributed by atoms with van der Waals surface area (Å²) in [6.45, 7) is 2.15. The number of piperidine rings is 1. The molecule has 2 aromatic rings. The Balaban J connectivity index is 1.65. The van der Waals surface area contributed by atoms with Crippen LogP contribution in [0.1, 0.15) is 18.4 Å². The standard InChI is InChI=1S/C15H18N4/c1-3-13(10-16-5-1)9-14-4-2-8-19(12-14)15-11-17-6-7-18-15/h1,3,5-7,10-11,14H,2,4,8-9,12H2/t14-/m0/s1. The molecule has 0 spiro atoms. The van der Waals surface area contributed by atoms with Gasteiger partial charge in [-0.2, -0.15) is 0 Å². The van der Waals surface area contributed by atoms with Crippen LogP contribution in [0.5, 0.6) is 0 Å². The molecule has 19 heavy (non-hydrogen) atoms. The summed E-state index contributed by atoms with van der Waals surface area (Å²) in [5, 5.41) is 0. The topological polar surface area (TPSA) is 41.9 Å². The molecule has 98 valence electrons. The molecule has 2 aromatic heterocycles. The summed E-state index contributed by atoms with van der Waals surface area (Å²) in [5.74, 6) is 1.68. The number of hydrogen-bond acceptors (Lipinski definition) is 4. The van der Waals surface area contributed by atoms with Crippen LogP contribution < -0.4 is 4.90 Å². The molecule has 4 heteroatoms. The van der Waals surface area contributed by atoms with E-state index >= 15 is 0 Å². The van der Waals surface area contributed by atoms with E-state index in [2.05, 4.69) is 25.9 Å². The Labute approximate surface area is 113 Å². The Bertz CT molecular complexity index is 500. The molecule has 1 aliphatic rings. The lowest BCUT2D eigenvalue weighted by Gasteiger charge is -2.33. The molecule has 0 N–H and O–H groups in total. The summed E-state index contributed by atoms with van der Waals surface area (Å²) >= 11 is 0. The predicted molar refractivity (Wildman–Crippen MR) is 74.9 cm³/mol. The lowest BCUT2D eigenvalue weighted by atomic mass is 9.92. The molecule has 0 aromatic carbocycles. The van der Waals surface area contributed by atoms with Gasteiger partial charge in [0.05, 0.1) is 6.20 Å². The Morgan fingerprint density at radius 1 is 1.16 bits per heavy atom. The van der Waals surface area contributed by atoms with Gasteiger partial charge in [0.25, 0.3) is 0 Å².